The van der Waals surface area contributed by atoms with Crippen molar-refractivity contribution in [1.29, 1.82) is 0 Å². The van der Waals surface area contributed by atoms with Crippen LogP contribution in [0.3, 0.4) is 0 Å². The molecule has 184 valence electrons. The summed E-state index contributed by atoms with van der Waals surface area (Å²) in [7, 11) is 0. The first-order valence-corrected chi connectivity index (χ1v) is 11.4. The van der Waals surface area contributed by atoms with E-state index in [1.54, 1.807) is 40.7 Å². The number of carbonyl (C=O) groups excluding carboxylic acids is 1. The fourth-order valence-corrected chi connectivity index (χ4v) is 4.62. The van der Waals surface area contributed by atoms with Gasteiger partial charge in [-0.2, -0.15) is 18.3 Å². The number of rotatable bonds is 4. The Morgan fingerprint density at radius 3 is 2.54 bits per heavy atom. The van der Waals surface area contributed by atoms with Gasteiger partial charge in [0, 0.05) is 50.4 Å². The van der Waals surface area contributed by atoms with E-state index in [9.17, 15) is 22.8 Å². The summed E-state index contributed by atoms with van der Waals surface area (Å²) >= 11 is 0. The summed E-state index contributed by atoms with van der Waals surface area (Å²) in [5.74, 6) is 0.370. The third-order valence-corrected chi connectivity index (χ3v) is 6.50. The molecule has 4 aromatic rings. The third-order valence-electron chi connectivity index (χ3n) is 6.50. The second kappa shape index (κ2) is 8.47. The van der Waals surface area contributed by atoms with E-state index >= 15 is 0 Å². The molecule has 1 aliphatic heterocycles. The van der Waals surface area contributed by atoms with Crippen molar-refractivity contribution in [3.05, 3.63) is 64.4 Å². The number of piperazine rings is 1. The van der Waals surface area contributed by atoms with Crippen LogP contribution >= 0.6 is 0 Å². The minimum Gasteiger partial charge on any atom is -0.463 e. The lowest BCUT2D eigenvalue weighted by Crippen LogP contribution is -2.51. The lowest BCUT2D eigenvalue weighted by molar-refractivity contribution is -0.137. The number of aromatic nitrogens is 3. The largest absolute Gasteiger partial charge is 0.463 e. The molecule has 0 bridgehead atoms. The Bertz CT molecular complexity index is 1460. The average molecular weight is 487 g/mol. The van der Waals surface area contributed by atoms with Crippen LogP contribution in [0.4, 0.5) is 18.9 Å². The SMILES string of the molecule is CCc1nn([C@H](C)C(=O)N2CCN(c3cccc(C(F)(F)F)c3)CC2)c(=O)c2cc3occc3n12. The zero-order chi connectivity index (χ0) is 24.9. The van der Waals surface area contributed by atoms with E-state index in [1.807, 2.05) is 11.8 Å². The normalized spacial score (nSPS) is 15.8. The first-order valence-electron chi connectivity index (χ1n) is 11.4. The summed E-state index contributed by atoms with van der Waals surface area (Å²) in [4.78, 5) is 29.9. The summed E-state index contributed by atoms with van der Waals surface area (Å²) in [5.41, 5.74) is 1.08. The molecule has 0 aliphatic carbocycles. The van der Waals surface area contributed by atoms with Crippen molar-refractivity contribution in [3.63, 3.8) is 0 Å². The van der Waals surface area contributed by atoms with Gasteiger partial charge in [0.05, 0.1) is 17.3 Å². The molecule has 0 unspecified atom stereocenters. The van der Waals surface area contributed by atoms with Crippen molar-refractivity contribution in [2.45, 2.75) is 32.5 Å². The molecule has 0 saturated carbocycles. The molecule has 1 aromatic carbocycles. The van der Waals surface area contributed by atoms with E-state index in [2.05, 4.69) is 5.10 Å². The minimum absolute atomic E-state index is 0.259. The second-order valence-corrected chi connectivity index (χ2v) is 8.59. The zero-order valence-corrected chi connectivity index (χ0v) is 19.2. The summed E-state index contributed by atoms with van der Waals surface area (Å²) in [6.45, 7) is 4.98. The Morgan fingerprint density at radius 1 is 1.11 bits per heavy atom. The molecular weight excluding hydrogens is 463 g/mol. The van der Waals surface area contributed by atoms with Crippen LogP contribution in [0.1, 0.15) is 31.3 Å². The van der Waals surface area contributed by atoms with E-state index < -0.39 is 23.3 Å². The van der Waals surface area contributed by atoms with E-state index in [1.165, 1.54) is 10.7 Å². The van der Waals surface area contributed by atoms with Crippen LogP contribution in [0.25, 0.3) is 16.6 Å². The Morgan fingerprint density at radius 2 is 1.86 bits per heavy atom. The number of halogens is 3. The number of carbonyl (C=O) groups is 1. The fraction of sp³-hybridized carbons (Fsp3) is 0.375. The first-order chi connectivity index (χ1) is 16.7. The summed E-state index contributed by atoms with van der Waals surface area (Å²) < 4.78 is 47.6. The lowest BCUT2D eigenvalue weighted by atomic mass is 10.1. The van der Waals surface area contributed by atoms with Crippen LogP contribution in [-0.4, -0.2) is 51.2 Å². The highest BCUT2D eigenvalue weighted by atomic mass is 19.4. The van der Waals surface area contributed by atoms with Gasteiger partial charge in [0.2, 0.25) is 5.91 Å². The molecule has 5 rings (SSSR count). The van der Waals surface area contributed by atoms with Gasteiger partial charge in [-0.15, -0.1) is 0 Å². The van der Waals surface area contributed by atoms with Crippen LogP contribution in [0, 0.1) is 0 Å². The molecule has 4 heterocycles. The number of amides is 1. The first kappa shape index (κ1) is 23.0. The molecule has 1 aliphatic rings. The van der Waals surface area contributed by atoms with Crippen molar-refractivity contribution in [3.8, 4) is 0 Å². The molecule has 35 heavy (non-hydrogen) atoms. The number of aryl methyl sites for hydroxylation is 1. The van der Waals surface area contributed by atoms with Gasteiger partial charge < -0.3 is 14.2 Å². The van der Waals surface area contributed by atoms with Gasteiger partial charge >= 0.3 is 6.18 Å². The topological polar surface area (TPSA) is 76.0 Å². The monoisotopic (exact) mass is 487 g/mol. The van der Waals surface area contributed by atoms with Crippen LogP contribution in [-0.2, 0) is 17.4 Å². The predicted octanol–water partition coefficient (Wildman–Crippen LogP) is 3.73. The van der Waals surface area contributed by atoms with Crippen LogP contribution in [0.15, 0.2) is 51.9 Å². The van der Waals surface area contributed by atoms with Crippen LogP contribution in [0.2, 0.25) is 0 Å². The highest BCUT2D eigenvalue weighted by molar-refractivity contribution is 5.83. The van der Waals surface area contributed by atoms with Crippen molar-refractivity contribution in [2.24, 2.45) is 0 Å². The Kier molecular flexibility index (Phi) is 5.57. The molecule has 1 atom stereocenters. The van der Waals surface area contributed by atoms with Gasteiger partial charge in [-0.1, -0.05) is 13.0 Å². The van der Waals surface area contributed by atoms with Crippen molar-refractivity contribution >= 4 is 28.2 Å². The van der Waals surface area contributed by atoms with Crippen molar-refractivity contribution in [1.82, 2.24) is 19.1 Å². The maximum Gasteiger partial charge on any atom is 0.416 e. The molecule has 3 aromatic heterocycles. The predicted molar refractivity (Wildman–Crippen MR) is 124 cm³/mol. The number of anilines is 1. The number of alkyl halides is 3. The molecule has 8 nitrogen and oxygen atoms in total. The minimum atomic E-state index is -4.41. The Hall–Kier alpha value is -3.76. The zero-order valence-electron chi connectivity index (χ0n) is 19.2. The van der Waals surface area contributed by atoms with Crippen molar-refractivity contribution < 1.29 is 22.4 Å². The maximum absolute atomic E-state index is 13.3. The smallest absolute Gasteiger partial charge is 0.416 e. The van der Waals surface area contributed by atoms with E-state index in [0.717, 1.165) is 17.6 Å². The molecule has 0 radical (unpaired) electrons. The summed E-state index contributed by atoms with van der Waals surface area (Å²) in [6.07, 6.45) is -2.32. The fourth-order valence-electron chi connectivity index (χ4n) is 4.62. The number of hydrogen-bond donors (Lipinski definition) is 0. The second-order valence-electron chi connectivity index (χ2n) is 8.59. The third kappa shape index (κ3) is 3.94. The molecule has 0 spiro atoms. The van der Waals surface area contributed by atoms with Gasteiger partial charge in [0.1, 0.15) is 17.4 Å². The number of fused-ring (bicyclic) bond motifs is 3. The van der Waals surface area contributed by atoms with Gasteiger partial charge in [-0.05, 0) is 25.1 Å². The Labute approximate surface area is 198 Å². The average Bonchev–Trinajstić information content (AvgIpc) is 3.45. The number of benzene rings is 1. The molecule has 0 N–H and O–H groups in total. The number of nitrogens with zero attached hydrogens (tertiary/aromatic N) is 5. The summed E-state index contributed by atoms with van der Waals surface area (Å²) in [6, 6.07) is 7.77. The highest BCUT2D eigenvalue weighted by Crippen LogP contribution is 2.32. The van der Waals surface area contributed by atoms with Crippen molar-refractivity contribution in [2.75, 3.05) is 31.1 Å². The van der Waals surface area contributed by atoms with Gasteiger partial charge in [-0.3, -0.25) is 14.0 Å². The lowest BCUT2D eigenvalue weighted by Gasteiger charge is -2.37. The van der Waals surface area contributed by atoms with Crippen LogP contribution < -0.4 is 10.5 Å². The van der Waals surface area contributed by atoms with E-state index in [4.69, 9.17) is 4.42 Å². The number of furan rings is 1. The molecule has 1 fully saturated rings. The molecule has 1 amide bonds. The van der Waals surface area contributed by atoms with Gasteiger partial charge in [-0.25, -0.2) is 4.68 Å². The molecule has 1 saturated heterocycles. The van der Waals surface area contributed by atoms with E-state index in [0.29, 0.717) is 55.2 Å². The standard InChI is InChI=1S/C24H24F3N5O3/c1-3-21-28-32(23(34)19-14-20-18(31(19)21)7-12-35-20)15(2)22(33)30-10-8-29(9-11-30)17-6-4-5-16(13-17)24(25,26)27/h4-7,12-15H,3,8-11H2,1-2H3/t15-/m1/s1. The Balaban J connectivity index is 1.36. The van der Waals surface area contributed by atoms with E-state index in [-0.39, 0.29) is 5.91 Å². The van der Waals surface area contributed by atoms with Gasteiger partial charge in [0.25, 0.3) is 5.56 Å². The highest BCUT2D eigenvalue weighted by Gasteiger charge is 2.32. The summed E-state index contributed by atoms with van der Waals surface area (Å²) in [5, 5.41) is 4.49. The molecular formula is C24H24F3N5O3. The maximum atomic E-state index is 13.3. The molecule has 11 heteroatoms. The quantitative estimate of drug-likeness (QED) is 0.439. The van der Waals surface area contributed by atoms with Gasteiger partial charge in [0.15, 0.2) is 5.58 Å². The van der Waals surface area contributed by atoms with Crippen LogP contribution in [0.5, 0.6) is 0 Å². The number of hydrogen-bond acceptors (Lipinski definition) is 5.